The molecule has 2 rings (SSSR count). The Balaban J connectivity index is 2.40. The Labute approximate surface area is 123 Å². The van der Waals surface area contributed by atoms with Gasteiger partial charge < -0.3 is 9.47 Å². The third kappa shape index (κ3) is 3.28. The second kappa shape index (κ2) is 6.70. The van der Waals surface area contributed by atoms with E-state index in [4.69, 9.17) is 9.47 Å². The third-order valence-electron chi connectivity index (χ3n) is 2.99. The van der Waals surface area contributed by atoms with Crippen LogP contribution in [0.25, 0.3) is 0 Å². The van der Waals surface area contributed by atoms with E-state index >= 15 is 0 Å². The summed E-state index contributed by atoms with van der Waals surface area (Å²) < 4.78 is 10.1. The predicted molar refractivity (Wildman–Crippen MR) is 78.8 cm³/mol. The fraction of sp³-hybridized carbons (Fsp3) is 0.176. The molecule has 0 spiro atoms. The van der Waals surface area contributed by atoms with Crippen molar-refractivity contribution in [2.45, 2.75) is 6.92 Å². The summed E-state index contributed by atoms with van der Waals surface area (Å²) in [7, 11) is 1.47. The first-order chi connectivity index (χ1) is 10.2. The molecule has 4 heteroatoms. The van der Waals surface area contributed by atoms with Gasteiger partial charge in [-0.25, -0.2) is 4.79 Å². The molecular weight excluding hydrogens is 268 g/mol. The normalized spacial score (nSPS) is 10.0. The van der Waals surface area contributed by atoms with Crippen LogP contribution < -0.4 is 4.74 Å². The van der Waals surface area contributed by atoms with Crippen LogP contribution in [0.2, 0.25) is 0 Å². The van der Waals surface area contributed by atoms with Gasteiger partial charge in [-0.2, -0.15) is 0 Å². The summed E-state index contributed by atoms with van der Waals surface area (Å²) in [5.74, 6) is -0.265. The number of carbonyl (C=O) groups is 2. The molecule has 0 amide bonds. The van der Waals surface area contributed by atoms with Gasteiger partial charge in [-0.3, -0.25) is 4.79 Å². The number of methoxy groups -OCH3 is 1. The molecule has 2 aromatic rings. The van der Waals surface area contributed by atoms with Crippen LogP contribution in [0.3, 0.4) is 0 Å². The van der Waals surface area contributed by atoms with Crippen molar-refractivity contribution < 1.29 is 19.1 Å². The van der Waals surface area contributed by atoms with Crippen molar-refractivity contribution in [3.63, 3.8) is 0 Å². The molecule has 0 fully saturated rings. The zero-order valence-corrected chi connectivity index (χ0v) is 12.0. The molecular formula is C17H16O4. The van der Waals surface area contributed by atoms with E-state index in [0.29, 0.717) is 16.9 Å². The van der Waals surface area contributed by atoms with Gasteiger partial charge >= 0.3 is 5.97 Å². The molecule has 108 valence electrons. The van der Waals surface area contributed by atoms with E-state index in [1.807, 2.05) is 6.07 Å². The molecule has 0 unspecified atom stereocenters. The summed E-state index contributed by atoms with van der Waals surface area (Å²) in [6, 6.07) is 13.6. The number of esters is 1. The zero-order valence-electron chi connectivity index (χ0n) is 12.0. The summed E-state index contributed by atoms with van der Waals surface area (Å²) in [5.41, 5.74) is 1.24. The minimum absolute atomic E-state index is 0.149. The molecule has 0 bridgehead atoms. The number of hydrogen-bond donors (Lipinski definition) is 0. The van der Waals surface area contributed by atoms with Crippen LogP contribution in [0.15, 0.2) is 48.5 Å². The predicted octanol–water partition coefficient (Wildman–Crippen LogP) is 3.10. The molecule has 0 aromatic heterocycles. The molecule has 2 aromatic carbocycles. The van der Waals surface area contributed by atoms with Crippen molar-refractivity contribution in [3.05, 3.63) is 65.2 Å². The highest BCUT2D eigenvalue weighted by atomic mass is 16.5. The summed E-state index contributed by atoms with van der Waals surface area (Å²) in [6.07, 6.45) is 0. The van der Waals surface area contributed by atoms with Crippen LogP contribution in [-0.4, -0.2) is 25.5 Å². The van der Waals surface area contributed by atoms with Gasteiger partial charge in [0.2, 0.25) is 0 Å². The average Bonchev–Trinajstić information content (AvgIpc) is 2.54. The van der Waals surface area contributed by atoms with Crippen LogP contribution >= 0.6 is 0 Å². The smallest absolute Gasteiger partial charge is 0.341 e. The van der Waals surface area contributed by atoms with E-state index in [1.54, 1.807) is 43.3 Å². The van der Waals surface area contributed by atoms with Gasteiger partial charge in [0.25, 0.3) is 0 Å². The monoisotopic (exact) mass is 284 g/mol. The van der Waals surface area contributed by atoms with Crippen LogP contribution in [-0.2, 0) is 4.74 Å². The average molecular weight is 284 g/mol. The molecule has 4 nitrogen and oxygen atoms in total. The van der Waals surface area contributed by atoms with Crippen molar-refractivity contribution in [3.8, 4) is 5.75 Å². The maximum Gasteiger partial charge on any atom is 0.341 e. The van der Waals surface area contributed by atoms with E-state index in [2.05, 4.69) is 0 Å². The van der Waals surface area contributed by atoms with Gasteiger partial charge in [-0.05, 0) is 25.1 Å². The van der Waals surface area contributed by atoms with Crippen molar-refractivity contribution in [2.24, 2.45) is 0 Å². The molecule has 21 heavy (non-hydrogen) atoms. The van der Waals surface area contributed by atoms with Crippen molar-refractivity contribution in [1.82, 2.24) is 0 Å². The first kappa shape index (κ1) is 14.8. The Hall–Kier alpha value is -2.62. The second-order valence-electron chi connectivity index (χ2n) is 4.33. The molecule has 0 saturated carbocycles. The molecule has 0 saturated heterocycles. The SMILES string of the molecule is CCOC(=O)c1cc(C(=O)c2ccccc2)ccc1OC. The number of ether oxygens (including phenoxy) is 2. The van der Waals surface area contributed by atoms with Crippen molar-refractivity contribution >= 4 is 11.8 Å². The Morgan fingerprint density at radius 2 is 1.71 bits per heavy atom. The highest BCUT2D eigenvalue weighted by molar-refractivity contribution is 6.10. The minimum atomic E-state index is -0.503. The molecule has 0 radical (unpaired) electrons. The molecule has 0 aliphatic heterocycles. The van der Waals surface area contributed by atoms with Gasteiger partial charge in [-0.1, -0.05) is 30.3 Å². The molecule has 0 heterocycles. The van der Waals surface area contributed by atoms with Gasteiger partial charge in [-0.15, -0.1) is 0 Å². The van der Waals surface area contributed by atoms with Crippen LogP contribution in [0.1, 0.15) is 33.2 Å². The highest BCUT2D eigenvalue weighted by Gasteiger charge is 2.17. The fourth-order valence-electron chi connectivity index (χ4n) is 1.97. The van der Waals surface area contributed by atoms with Gasteiger partial charge in [0.15, 0.2) is 5.78 Å². The third-order valence-corrected chi connectivity index (χ3v) is 2.99. The molecule has 0 atom stereocenters. The Morgan fingerprint density at radius 3 is 2.33 bits per heavy atom. The number of ketones is 1. The zero-order chi connectivity index (χ0) is 15.2. The standard InChI is InChI=1S/C17H16O4/c1-3-21-17(19)14-11-13(9-10-15(14)20-2)16(18)12-7-5-4-6-8-12/h4-11H,3H2,1-2H3. The highest BCUT2D eigenvalue weighted by Crippen LogP contribution is 2.22. The van der Waals surface area contributed by atoms with Crippen LogP contribution in [0.5, 0.6) is 5.75 Å². The number of rotatable bonds is 5. The van der Waals surface area contributed by atoms with Crippen molar-refractivity contribution in [1.29, 1.82) is 0 Å². The summed E-state index contributed by atoms with van der Waals surface area (Å²) in [4.78, 5) is 24.3. The Morgan fingerprint density at radius 1 is 1.00 bits per heavy atom. The van der Waals surface area contributed by atoms with E-state index < -0.39 is 5.97 Å². The summed E-state index contributed by atoms with van der Waals surface area (Å²) >= 11 is 0. The molecule has 0 aliphatic carbocycles. The maximum absolute atomic E-state index is 12.4. The lowest BCUT2D eigenvalue weighted by Gasteiger charge is -2.09. The topological polar surface area (TPSA) is 52.6 Å². The van der Waals surface area contributed by atoms with E-state index in [0.717, 1.165) is 0 Å². The van der Waals surface area contributed by atoms with Gasteiger partial charge in [0.05, 0.1) is 13.7 Å². The number of carbonyl (C=O) groups excluding carboxylic acids is 2. The lowest BCUT2D eigenvalue weighted by Crippen LogP contribution is -2.09. The number of benzene rings is 2. The quantitative estimate of drug-likeness (QED) is 0.625. The lowest BCUT2D eigenvalue weighted by atomic mass is 10.0. The first-order valence-electron chi connectivity index (χ1n) is 6.62. The first-order valence-corrected chi connectivity index (χ1v) is 6.62. The Kier molecular flexibility index (Phi) is 4.72. The Bertz CT molecular complexity index is 647. The fourth-order valence-corrected chi connectivity index (χ4v) is 1.97. The summed E-state index contributed by atoms with van der Waals surface area (Å²) in [5, 5.41) is 0. The van der Waals surface area contributed by atoms with Crippen LogP contribution in [0, 0.1) is 0 Å². The lowest BCUT2D eigenvalue weighted by molar-refractivity contribution is 0.0522. The largest absolute Gasteiger partial charge is 0.496 e. The minimum Gasteiger partial charge on any atom is -0.496 e. The van der Waals surface area contributed by atoms with Crippen LogP contribution in [0.4, 0.5) is 0 Å². The summed E-state index contributed by atoms with van der Waals surface area (Å²) in [6.45, 7) is 1.99. The molecule has 0 N–H and O–H groups in total. The van der Waals surface area contributed by atoms with Crippen molar-refractivity contribution in [2.75, 3.05) is 13.7 Å². The van der Waals surface area contributed by atoms with E-state index in [-0.39, 0.29) is 18.0 Å². The van der Waals surface area contributed by atoms with Gasteiger partial charge in [0, 0.05) is 11.1 Å². The van der Waals surface area contributed by atoms with E-state index in [9.17, 15) is 9.59 Å². The van der Waals surface area contributed by atoms with Gasteiger partial charge in [0.1, 0.15) is 11.3 Å². The second-order valence-corrected chi connectivity index (χ2v) is 4.33. The number of hydrogen-bond acceptors (Lipinski definition) is 4. The molecule has 0 aliphatic rings. The maximum atomic E-state index is 12.4. The van der Waals surface area contributed by atoms with E-state index in [1.165, 1.54) is 13.2 Å².